The topological polar surface area (TPSA) is 46.1 Å². The fourth-order valence-electron chi connectivity index (χ4n) is 1.86. The van der Waals surface area contributed by atoms with Gasteiger partial charge in [-0.1, -0.05) is 0 Å². The summed E-state index contributed by atoms with van der Waals surface area (Å²) in [5, 5.41) is 2.98. The van der Waals surface area contributed by atoms with E-state index in [1.165, 1.54) is 11.3 Å². The summed E-state index contributed by atoms with van der Waals surface area (Å²) < 4.78 is 0. The molecule has 0 radical (unpaired) electrons. The smallest absolute Gasteiger partial charge is 0.247 e. The first-order valence-corrected chi connectivity index (χ1v) is 7.37. The van der Waals surface area contributed by atoms with Gasteiger partial charge in [-0.3, -0.25) is 9.78 Å². The van der Waals surface area contributed by atoms with Crippen LogP contribution in [0.5, 0.6) is 0 Å². The molecule has 0 bridgehead atoms. The number of thiazole rings is 2. The maximum Gasteiger partial charge on any atom is 0.247 e. The minimum atomic E-state index is 0.0508. The lowest BCUT2D eigenvalue weighted by molar-refractivity contribution is -0.133. The van der Waals surface area contributed by atoms with Gasteiger partial charge in [0.15, 0.2) is 0 Å². The van der Waals surface area contributed by atoms with E-state index in [4.69, 9.17) is 0 Å². The molecule has 3 heterocycles. The third-order valence-corrected chi connectivity index (χ3v) is 4.50. The molecule has 1 atom stereocenters. The first-order valence-electron chi connectivity index (χ1n) is 5.61. The van der Waals surface area contributed by atoms with Crippen molar-refractivity contribution in [1.82, 2.24) is 14.9 Å². The quantitative estimate of drug-likeness (QED) is 0.810. The van der Waals surface area contributed by atoms with Crippen LogP contribution in [0.25, 0.3) is 6.08 Å². The van der Waals surface area contributed by atoms with Crippen molar-refractivity contribution in [3.05, 3.63) is 39.2 Å². The molecule has 0 N–H and O–H groups in total. The van der Waals surface area contributed by atoms with Crippen LogP contribution in [0.4, 0.5) is 0 Å². The van der Waals surface area contributed by atoms with Gasteiger partial charge in [0.05, 0.1) is 11.6 Å². The number of hydrogen-bond donors (Lipinski definition) is 0. The zero-order chi connectivity index (χ0) is 12.4. The van der Waals surface area contributed by atoms with Crippen LogP contribution in [0, 0.1) is 0 Å². The summed E-state index contributed by atoms with van der Waals surface area (Å²) in [5.74, 6) is 0.0508. The van der Waals surface area contributed by atoms with E-state index in [-0.39, 0.29) is 11.9 Å². The third-order valence-electron chi connectivity index (χ3n) is 2.88. The molecule has 1 amide bonds. The van der Waals surface area contributed by atoms with E-state index in [0.717, 1.165) is 22.9 Å². The van der Waals surface area contributed by atoms with Gasteiger partial charge in [-0.2, -0.15) is 0 Å². The third kappa shape index (κ3) is 2.21. The van der Waals surface area contributed by atoms with Crippen LogP contribution in [0.1, 0.15) is 22.3 Å². The molecule has 6 heteroatoms. The number of hydrogen-bond acceptors (Lipinski definition) is 5. The lowest BCUT2D eigenvalue weighted by Crippen LogP contribution is -2.44. The monoisotopic (exact) mass is 277 g/mol. The number of aromatic nitrogens is 2. The van der Waals surface area contributed by atoms with Gasteiger partial charge in [0.2, 0.25) is 5.91 Å². The highest BCUT2D eigenvalue weighted by Crippen LogP contribution is 2.34. The minimum Gasteiger partial charge on any atom is -0.330 e. The van der Waals surface area contributed by atoms with Gasteiger partial charge in [0.1, 0.15) is 5.01 Å². The van der Waals surface area contributed by atoms with Gasteiger partial charge in [-0.25, -0.2) is 4.98 Å². The number of rotatable bonds is 3. The van der Waals surface area contributed by atoms with E-state index < -0.39 is 0 Å². The van der Waals surface area contributed by atoms with Crippen molar-refractivity contribution in [2.24, 2.45) is 0 Å². The highest BCUT2D eigenvalue weighted by atomic mass is 32.1. The molecule has 0 saturated carbocycles. The summed E-state index contributed by atoms with van der Waals surface area (Å²) in [6, 6.07) is 0.170. The highest BCUT2D eigenvalue weighted by molar-refractivity contribution is 7.10. The second-order valence-electron chi connectivity index (χ2n) is 3.94. The van der Waals surface area contributed by atoms with Gasteiger partial charge in [0, 0.05) is 35.3 Å². The molecule has 1 fully saturated rings. The Hall–Kier alpha value is -1.53. The molecule has 0 spiro atoms. The Morgan fingerprint density at radius 3 is 3.06 bits per heavy atom. The Bertz CT molecular complexity index is 548. The average Bonchev–Trinajstić information content (AvgIpc) is 2.97. The Kier molecular flexibility index (Phi) is 3.21. The summed E-state index contributed by atoms with van der Waals surface area (Å²) in [5.41, 5.74) is 1.76. The molecule has 3 rings (SSSR count). The second kappa shape index (κ2) is 4.99. The predicted molar refractivity (Wildman–Crippen MR) is 72.3 cm³/mol. The number of carbonyl (C=O) groups is 1. The molecule has 1 saturated heterocycles. The molecule has 1 aliphatic heterocycles. The van der Waals surface area contributed by atoms with Gasteiger partial charge in [0.25, 0.3) is 0 Å². The van der Waals surface area contributed by atoms with Gasteiger partial charge < -0.3 is 4.90 Å². The fourth-order valence-corrected chi connectivity index (χ4v) is 3.16. The van der Waals surface area contributed by atoms with E-state index in [0.29, 0.717) is 0 Å². The van der Waals surface area contributed by atoms with E-state index in [1.807, 2.05) is 16.4 Å². The summed E-state index contributed by atoms with van der Waals surface area (Å²) in [6.45, 7) is 0.816. The minimum absolute atomic E-state index is 0.0508. The van der Waals surface area contributed by atoms with Crippen molar-refractivity contribution in [1.29, 1.82) is 0 Å². The van der Waals surface area contributed by atoms with Crippen molar-refractivity contribution < 1.29 is 4.79 Å². The fraction of sp³-hybridized carbons (Fsp3) is 0.250. The van der Waals surface area contributed by atoms with Crippen molar-refractivity contribution >= 4 is 34.7 Å². The molecule has 92 valence electrons. The van der Waals surface area contributed by atoms with E-state index in [9.17, 15) is 4.79 Å². The number of amides is 1. The zero-order valence-electron chi connectivity index (χ0n) is 9.52. The Balaban J connectivity index is 1.67. The standard InChI is InChI=1S/C12H11N3OS2/c16-11(2-1-9-7-13-8-18-9)15-5-3-10(15)12-14-4-6-17-12/h1-2,4,6-8,10H,3,5H2/b2-1+. The largest absolute Gasteiger partial charge is 0.330 e. The second-order valence-corrected chi connectivity index (χ2v) is 5.79. The summed E-state index contributed by atoms with van der Waals surface area (Å²) in [4.78, 5) is 23.1. The summed E-state index contributed by atoms with van der Waals surface area (Å²) >= 11 is 3.13. The Labute approximate surface area is 113 Å². The normalized spacial score (nSPS) is 19.1. The average molecular weight is 277 g/mol. The van der Waals surface area contributed by atoms with Crippen molar-refractivity contribution in [2.75, 3.05) is 6.54 Å². The SMILES string of the molecule is O=C(/C=C/c1cncs1)N1CCC1c1nccs1. The Morgan fingerprint density at radius 2 is 2.44 bits per heavy atom. The first kappa shape index (κ1) is 11.6. The number of nitrogens with zero attached hydrogens (tertiary/aromatic N) is 3. The van der Waals surface area contributed by atoms with E-state index in [1.54, 1.807) is 35.3 Å². The molecule has 4 nitrogen and oxygen atoms in total. The van der Waals surface area contributed by atoms with E-state index >= 15 is 0 Å². The van der Waals surface area contributed by atoms with Crippen LogP contribution in [0.2, 0.25) is 0 Å². The number of carbonyl (C=O) groups excluding carboxylic acids is 1. The van der Waals surface area contributed by atoms with Crippen LogP contribution in [0.3, 0.4) is 0 Å². The molecular formula is C12H11N3OS2. The maximum absolute atomic E-state index is 12.0. The molecular weight excluding hydrogens is 266 g/mol. The van der Waals surface area contributed by atoms with Gasteiger partial charge >= 0.3 is 0 Å². The van der Waals surface area contributed by atoms with Crippen LogP contribution in [-0.4, -0.2) is 27.3 Å². The molecule has 1 unspecified atom stereocenters. The lowest BCUT2D eigenvalue weighted by atomic mass is 10.0. The molecule has 0 aromatic carbocycles. The van der Waals surface area contributed by atoms with E-state index in [2.05, 4.69) is 9.97 Å². The van der Waals surface area contributed by atoms with Crippen LogP contribution < -0.4 is 0 Å². The Morgan fingerprint density at radius 1 is 1.50 bits per heavy atom. The first-order chi connectivity index (χ1) is 8.84. The lowest BCUT2D eigenvalue weighted by Gasteiger charge is -2.39. The van der Waals surface area contributed by atoms with Gasteiger partial charge in [-0.05, 0) is 12.5 Å². The maximum atomic E-state index is 12.0. The van der Waals surface area contributed by atoms with Crippen LogP contribution in [-0.2, 0) is 4.79 Å². The number of likely N-dealkylation sites (tertiary alicyclic amines) is 1. The van der Waals surface area contributed by atoms with Crippen molar-refractivity contribution in [3.63, 3.8) is 0 Å². The molecule has 2 aromatic heterocycles. The zero-order valence-corrected chi connectivity index (χ0v) is 11.2. The molecule has 1 aliphatic rings. The van der Waals surface area contributed by atoms with Crippen LogP contribution >= 0.6 is 22.7 Å². The van der Waals surface area contributed by atoms with Crippen molar-refractivity contribution in [3.8, 4) is 0 Å². The molecule has 18 heavy (non-hydrogen) atoms. The molecule has 0 aliphatic carbocycles. The van der Waals surface area contributed by atoms with Crippen molar-refractivity contribution in [2.45, 2.75) is 12.5 Å². The van der Waals surface area contributed by atoms with Gasteiger partial charge in [-0.15, -0.1) is 22.7 Å². The predicted octanol–water partition coefficient (Wildman–Crippen LogP) is 2.59. The molecule has 2 aromatic rings. The van der Waals surface area contributed by atoms with Crippen LogP contribution in [0.15, 0.2) is 29.4 Å². The highest BCUT2D eigenvalue weighted by Gasteiger charge is 2.33. The summed E-state index contributed by atoms with van der Waals surface area (Å²) in [7, 11) is 0. The summed E-state index contributed by atoms with van der Waals surface area (Å²) in [6.07, 6.45) is 7.98.